The number of carbonyl (C=O) groups is 2. The number of carbonyl (C=O) groups excluding carboxylic acids is 1. The van der Waals surface area contributed by atoms with Crippen molar-refractivity contribution in [1.29, 1.82) is 0 Å². The normalized spacial score (nSPS) is 12.0. The molecule has 0 bridgehead atoms. The number of nitrogens with one attached hydrogen (secondary N) is 1. The minimum Gasteiger partial charge on any atom is -0.479 e. The monoisotopic (exact) mass is 365 g/mol. The number of benzene rings is 1. The van der Waals surface area contributed by atoms with Gasteiger partial charge in [0.05, 0.1) is 0 Å². The Morgan fingerprint density at radius 2 is 1.91 bits per heavy atom. The summed E-state index contributed by atoms with van der Waals surface area (Å²) in [7, 11) is 0. The highest BCUT2D eigenvalue weighted by Gasteiger charge is 2.26. The number of rotatable bonds is 4. The van der Waals surface area contributed by atoms with E-state index in [1.807, 2.05) is 19.9 Å². The van der Waals surface area contributed by atoms with E-state index in [-0.39, 0.29) is 5.76 Å². The number of hydrogen-bond donors (Lipinski definition) is 2. The average Bonchev–Trinajstić information content (AvgIpc) is 2.78. The fourth-order valence-electron chi connectivity index (χ4n) is 2.22. The van der Waals surface area contributed by atoms with Crippen molar-refractivity contribution >= 4 is 27.8 Å². The third kappa shape index (κ3) is 3.22. The number of halogens is 1. The van der Waals surface area contributed by atoms with E-state index in [4.69, 9.17) is 4.42 Å². The molecule has 22 heavy (non-hydrogen) atoms. The maximum atomic E-state index is 12.3. The number of aliphatic carboxylic acids is 1. The quantitative estimate of drug-likeness (QED) is 0.868. The average molecular weight is 366 g/mol. The molecular weight excluding hydrogens is 350 g/mol. The molecule has 2 N–H and O–H groups in total. The Balaban J connectivity index is 2.34. The molecule has 0 saturated heterocycles. The Morgan fingerprint density at radius 1 is 1.23 bits per heavy atom. The highest BCUT2D eigenvalue weighted by Crippen LogP contribution is 2.23. The van der Waals surface area contributed by atoms with Crippen LogP contribution in [0.5, 0.6) is 0 Å². The third-order valence-electron chi connectivity index (χ3n) is 3.57. The summed E-state index contributed by atoms with van der Waals surface area (Å²) in [6.07, 6.45) is 0. The van der Waals surface area contributed by atoms with Crippen LogP contribution in [-0.4, -0.2) is 17.0 Å². The van der Waals surface area contributed by atoms with Gasteiger partial charge in [-0.15, -0.1) is 0 Å². The molecule has 5 nitrogen and oxygen atoms in total. The highest BCUT2D eigenvalue weighted by atomic mass is 79.9. The van der Waals surface area contributed by atoms with E-state index in [9.17, 15) is 14.7 Å². The molecule has 1 aromatic carbocycles. The molecule has 0 saturated carbocycles. The number of aryl methyl sites for hydroxylation is 2. The number of carboxylic acids is 1. The third-order valence-corrected chi connectivity index (χ3v) is 3.96. The summed E-state index contributed by atoms with van der Waals surface area (Å²) < 4.78 is 5.68. The summed E-state index contributed by atoms with van der Waals surface area (Å²) >= 11 is 3.15. The maximum Gasteiger partial charge on any atom is 0.330 e. The summed E-state index contributed by atoms with van der Waals surface area (Å²) in [5, 5.41) is 12.0. The van der Waals surface area contributed by atoms with Crippen molar-refractivity contribution in [2.45, 2.75) is 26.8 Å². The Labute approximate surface area is 136 Å². The lowest BCUT2D eigenvalue weighted by Gasteiger charge is -2.17. The van der Waals surface area contributed by atoms with Gasteiger partial charge in [0.25, 0.3) is 5.91 Å². The zero-order chi connectivity index (χ0) is 16.4. The number of hydrogen-bond acceptors (Lipinski definition) is 3. The molecule has 0 radical (unpaired) electrons. The van der Waals surface area contributed by atoms with Crippen LogP contribution in [0.2, 0.25) is 0 Å². The number of furan rings is 1. The topological polar surface area (TPSA) is 79.5 Å². The van der Waals surface area contributed by atoms with Crippen molar-refractivity contribution in [3.05, 3.63) is 56.9 Å². The molecular formula is C16H16BrNO4. The molecule has 6 heteroatoms. The predicted octanol–water partition coefficient (Wildman–Crippen LogP) is 3.52. The Kier molecular flexibility index (Phi) is 4.71. The Morgan fingerprint density at radius 3 is 2.45 bits per heavy atom. The van der Waals surface area contributed by atoms with Crippen LogP contribution >= 0.6 is 15.9 Å². The molecule has 1 amide bonds. The van der Waals surface area contributed by atoms with E-state index < -0.39 is 17.9 Å². The smallest absolute Gasteiger partial charge is 0.330 e. The van der Waals surface area contributed by atoms with E-state index in [0.717, 1.165) is 11.1 Å². The van der Waals surface area contributed by atoms with Crippen LogP contribution in [0, 0.1) is 20.8 Å². The summed E-state index contributed by atoms with van der Waals surface area (Å²) in [6, 6.07) is 5.90. The summed E-state index contributed by atoms with van der Waals surface area (Å²) in [6.45, 7) is 5.45. The second-order valence-corrected chi connectivity index (χ2v) is 5.88. The van der Waals surface area contributed by atoms with Crippen LogP contribution < -0.4 is 5.32 Å². The lowest BCUT2D eigenvalue weighted by Crippen LogP contribution is -2.34. The molecule has 2 aromatic rings. The van der Waals surface area contributed by atoms with E-state index in [2.05, 4.69) is 21.2 Å². The molecule has 116 valence electrons. The standard InChI is InChI=1S/C16H16BrNO4/c1-8-5-4-6-11(10(8)3)13(16(20)21)18-15(19)14-9(2)7-12(17)22-14/h4-7,13H,1-3H3,(H,18,19)(H,20,21). The first-order valence-electron chi connectivity index (χ1n) is 6.67. The molecule has 0 aliphatic rings. The first-order chi connectivity index (χ1) is 10.3. The lowest BCUT2D eigenvalue weighted by molar-refractivity contribution is -0.139. The van der Waals surface area contributed by atoms with Crippen LogP contribution in [0.4, 0.5) is 0 Å². The van der Waals surface area contributed by atoms with E-state index >= 15 is 0 Å². The summed E-state index contributed by atoms with van der Waals surface area (Å²) in [4.78, 5) is 23.8. The van der Waals surface area contributed by atoms with Gasteiger partial charge in [-0.05, 0) is 59.5 Å². The number of carboxylic acid groups (broad SMARTS) is 1. The first-order valence-corrected chi connectivity index (χ1v) is 7.46. The molecule has 0 aliphatic carbocycles. The molecule has 2 rings (SSSR count). The van der Waals surface area contributed by atoms with Gasteiger partial charge < -0.3 is 14.8 Å². The molecule has 1 heterocycles. The van der Waals surface area contributed by atoms with Crippen molar-refractivity contribution in [3.63, 3.8) is 0 Å². The van der Waals surface area contributed by atoms with Crippen LogP contribution in [0.25, 0.3) is 0 Å². The van der Waals surface area contributed by atoms with Gasteiger partial charge in [0.15, 0.2) is 16.5 Å². The fraction of sp³-hybridized carbons (Fsp3) is 0.250. The first kappa shape index (κ1) is 16.3. The van der Waals surface area contributed by atoms with Crippen LogP contribution in [0.3, 0.4) is 0 Å². The minimum atomic E-state index is -1.13. The second kappa shape index (κ2) is 6.36. The Hall–Kier alpha value is -2.08. The highest BCUT2D eigenvalue weighted by molar-refractivity contribution is 9.10. The van der Waals surface area contributed by atoms with E-state index in [1.54, 1.807) is 25.1 Å². The van der Waals surface area contributed by atoms with E-state index in [0.29, 0.717) is 15.8 Å². The summed E-state index contributed by atoms with van der Waals surface area (Å²) in [5.41, 5.74) is 3.00. The van der Waals surface area contributed by atoms with Gasteiger partial charge in [-0.2, -0.15) is 0 Å². The largest absolute Gasteiger partial charge is 0.479 e. The van der Waals surface area contributed by atoms with Crippen molar-refractivity contribution < 1.29 is 19.1 Å². The van der Waals surface area contributed by atoms with Crippen molar-refractivity contribution in [2.75, 3.05) is 0 Å². The predicted molar refractivity (Wildman–Crippen MR) is 84.9 cm³/mol. The van der Waals surface area contributed by atoms with Gasteiger partial charge in [-0.1, -0.05) is 18.2 Å². The van der Waals surface area contributed by atoms with Gasteiger partial charge in [0.2, 0.25) is 0 Å². The second-order valence-electron chi connectivity index (χ2n) is 5.10. The van der Waals surface area contributed by atoms with Gasteiger partial charge in [0, 0.05) is 5.56 Å². The van der Waals surface area contributed by atoms with Crippen LogP contribution in [0.15, 0.2) is 33.4 Å². The maximum absolute atomic E-state index is 12.3. The molecule has 1 atom stereocenters. The minimum absolute atomic E-state index is 0.100. The van der Waals surface area contributed by atoms with Gasteiger partial charge in [-0.25, -0.2) is 4.79 Å². The molecule has 1 aromatic heterocycles. The van der Waals surface area contributed by atoms with Crippen molar-refractivity contribution in [2.24, 2.45) is 0 Å². The summed E-state index contributed by atoms with van der Waals surface area (Å²) in [5.74, 6) is -1.58. The number of amides is 1. The zero-order valence-electron chi connectivity index (χ0n) is 12.4. The molecule has 1 unspecified atom stereocenters. The zero-order valence-corrected chi connectivity index (χ0v) is 14.0. The molecule has 0 fully saturated rings. The van der Waals surface area contributed by atoms with Gasteiger partial charge in [0.1, 0.15) is 0 Å². The van der Waals surface area contributed by atoms with Gasteiger partial charge >= 0.3 is 5.97 Å². The lowest BCUT2D eigenvalue weighted by atomic mass is 9.97. The van der Waals surface area contributed by atoms with Crippen LogP contribution in [-0.2, 0) is 4.79 Å². The van der Waals surface area contributed by atoms with Crippen molar-refractivity contribution in [1.82, 2.24) is 5.32 Å². The van der Waals surface area contributed by atoms with Crippen molar-refractivity contribution in [3.8, 4) is 0 Å². The van der Waals surface area contributed by atoms with Crippen LogP contribution in [0.1, 0.15) is 38.9 Å². The van der Waals surface area contributed by atoms with E-state index in [1.165, 1.54) is 0 Å². The SMILES string of the molecule is Cc1cc(Br)oc1C(=O)NC(C(=O)O)c1cccc(C)c1C. The van der Waals surface area contributed by atoms with Gasteiger partial charge in [-0.3, -0.25) is 4.79 Å². The molecule has 0 aliphatic heterocycles. The fourth-order valence-corrected chi connectivity index (χ4v) is 2.73. The Bertz CT molecular complexity index is 736. The molecule has 0 spiro atoms.